The summed E-state index contributed by atoms with van der Waals surface area (Å²) in [4.78, 5) is 10.4. The monoisotopic (exact) mass is 288 g/mol. The van der Waals surface area contributed by atoms with Gasteiger partial charge >= 0.3 is 0 Å². The largest absolute Gasteiger partial charge is 0.326 e. The van der Waals surface area contributed by atoms with E-state index < -0.39 is 0 Å². The first-order valence-corrected chi connectivity index (χ1v) is 6.91. The van der Waals surface area contributed by atoms with Gasteiger partial charge in [0, 0.05) is 25.3 Å². The zero-order valence-electron chi connectivity index (χ0n) is 12.9. The molecule has 0 radical (unpaired) electrons. The first kappa shape index (κ1) is 15.4. The molecule has 0 saturated carbocycles. The molecular formula is C16H21FN4. The summed E-state index contributed by atoms with van der Waals surface area (Å²) in [6.45, 7) is 6.90. The normalized spacial score (nSPS) is 11.5. The molecule has 1 N–H and O–H groups in total. The Bertz CT molecular complexity index is 607. The van der Waals surface area contributed by atoms with Crippen molar-refractivity contribution in [1.29, 1.82) is 0 Å². The van der Waals surface area contributed by atoms with E-state index >= 15 is 0 Å². The smallest absolute Gasteiger partial charge is 0.151 e. The zero-order valence-corrected chi connectivity index (χ0v) is 12.9. The summed E-state index contributed by atoms with van der Waals surface area (Å²) in [7, 11) is 1.78. The summed E-state index contributed by atoms with van der Waals surface area (Å²) >= 11 is 0. The maximum atomic E-state index is 13.8. The topological polar surface area (TPSA) is 41.1 Å². The number of anilines is 2. The van der Waals surface area contributed by atoms with E-state index in [4.69, 9.17) is 0 Å². The summed E-state index contributed by atoms with van der Waals surface area (Å²) in [5.74, 6) is 0.341. The van der Waals surface area contributed by atoms with Gasteiger partial charge in [0.05, 0.1) is 17.6 Å². The van der Waals surface area contributed by atoms with Gasteiger partial charge < -0.3 is 10.2 Å². The van der Waals surface area contributed by atoms with Gasteiger partial charge in [-0.05, 0) is 32.9 Å². The lowest BCUT2D eigenvalue weighted by molar-refractivity contribution is 0.421. The number of halogens is 1. The summed E-state index contributed by atoms with van der Waals surface area (Å²) in [6, 6.07) is 6.62. The molecule has 0 spiro atoms. The van der Waals surface area contributed by atoms with E-state index in [1.54, 1.807) is 42.5 Å². The lowest BCUT2D eigenvalue weighted by Gasteiger charge is -2.21. The van der Waals surface area contributed by atoms with Crippen LogP contribution in [0.1, 0.15) is 26.5 Å². The van der Waals surface area contributed by atoms with Crippen LogP contribution in [0.5, 0.6) is 0 Å². The summed E-state index contributed by atoms with van der Waals surface area (Å²) in [5, 5.41) is 3.36. The number of rotatable bonds is 4. The standard InChI is InChI=1S/C16H21FN4/c1-16(2,3)19-10-12-9-18-11-15(20-12)21(4)14-8-6-5-7-13(14)17/h5-9,11,19H,10H2,1-4H3. The van der Waals surface area contributed by atoms with Gasteiger partial charge in [-0.2, -0.15) is 0 Å². The highest BCUT2D eigenvalue weighted by Crippen LogP contribution is 2.23. The van der Waals surface area contributed by atoms with E-state index in [1.165, 1.54) is 6.07 Å². The molecule has 0 aliphatic rings. The second kappa shape index (κ2) is 6.18. The van der Waals surface area contributed by atoms with Crippen molar-refractivity contribution in [3.05, 3.63) is 48.2 Å². The van der Waals surface area contributed by atoms with E-state index in [9.17, 15) is 4.39 Å². The Morgan fingerprint density at radius 2 is 1.90 bits per heavy atom. The average molecular weight is 288 g/mol. The van der Waals surface area contributed by atoms with Gasteiger partial charge in [-0.3, -0.25) is 4.98 Å². The highest BCUT2D eigenvalue weighted by Gasteiger charge is 2.12. The van der Waals surface area contributed by atoms with Crippen LogP contribution in [0.2, 0.25) is 0 Å². The minimum atomic E-state index is -0.278. The summed E-state index contributed by atoms with van der Waals surface area (Å²) < 4.78 is 13.8. The minimum absolute atomic E-state index is 0.00905. The van der Waals surface area contributed by atoms with Crippen molar-refractivity contribution < 1.29 is 4.39 Å². The fourth-order valence-corrected chi connectivity index (χ4v) is 1.84. The van der Waals surface area contributed by atoms with Crippen molar-refractivity contribution in [2.75, 3.05) is 11.9 Å². The third kappa shape index (κ3) is 4.23. The van der Waals surface area contributed by atoms with Crippen LogP contribution in [0, 0.1) is 5.82 Å². The molecule has 1 heterocycles. The summed E-state index contributed by atoms with van der Waals surface area (Å²) in [5.41, 5.74) is 1.31. The molecule has 4 nitrogen and oxygen atoms in total. The Hall–Kier alpha value is -2.01. The first-order chi connectivity index (χ1) is 9.87. The van der Waals surface area contributed by atoms with Crippen molar-refractivity contribution in [2.45, 2.75) is 32.9 Å². The molecule has 5 heteroatoms. The van der Waals surface area contributed by atoms with E-state index in [0.717, 1.165) is 5.69 Å². The number of nitrogens with one attached hydrogen (secondary N) is 1. The predicted octanol–water partition coefficient (Wildman–Crippen LogP) is 3.27. The minimum Gasteiger partial charge on any atom is -0.326 e. The lowest BCUT2D eigenvalue weighted by atomic mass is 10.1. The Balaban J connectivity index is 2.19. The molecule has 0 saturated heterocycles. The van der Waals surface area contributed by atoms with Crippen LogP contribution in [0.4, 0.5) is 15.9 Å². The van der Waals surface area contributed by atoms with Crippen LogP contribution in [-0.2, 0) is 6.54 Å². The van der Waals surface area contributed by atoms with Gasteiger partial charge in [-0.1, -0.05) is 12.1 Å². The first-order valence-electron chi connectivity index (χ1n) is 6.91. The average Bonchev–Trinajstić information content (AvgIpc) is 2.44. The molecule has 0 unspecified atom stereocenters. The van der Waals surface area contributed by atoms with Crippen LogP contribution in [0.25, 0.3) is 0 Å². The maximum absolute atomic E-state index is 13.8. The number of nitrogens with zero attached hydrogens (tertiary/aromatic N) is 3. The zero-order chi connectivity index (χ0) is 15.5. The molecule has 0 atom stereocenters. The molecule has 2 aromatic rings. The number of para-hydroxylation sites is 1. The van der Waals surface area contributed by atoms with Crippen LogP contribution in [-0.4, -0.2) is 22.6 Å². The van der Waals surface area contributed by atoms with E-state index in [1.807, 2.05) is 0 Å². The highest BCUT2D eigenvalue weighted by molar-refractivity contribution is 5.58. The number of hydrogen-bond donors (Lipinski definition) is 1. The number of hydrogen-bond acceptors (Lipinski definition) is 4. The second-order valence-electron chi connectivity index (χ2n) is 5.98. The van der Waals surface area contributed by atoms with Gasteiger partial charge in [-0.25, -0.2) is 9.37 Å². The predicted molar refractivity (Wildman–Crippen MR) is 83.1 cm³/mol. The molecule has 0 aliphatic carbocycles. The number of aromatic nitrogens is 2. The highest BCUT2D eigenvalue weighted by atomic mass is 19.1. The molecule has 0 amide bonds. The van der Waals surface area contributed by atoms with E-state index in [0.29, 0.717) is 18.1 Å². The molecule has 0 fully saturated rings. The Morgan fingerprint density at radius 3 is 2.57 bits per heavy atom. The fourth-order valence-electron chi connectivity index (χ4n) is 1.84. The molecule has 1 aromatic heterocycles. The second-order valence-corrected chi connectivity index (χ2v) is 5.98. The third-order valence-electron chi connectivity index (χ3n) is 3.03. The van der Waals surface area contributed by atoms with Gasteiger partial charge in [0.25, 0.3) is 0 Å². The van der Waals surface area contributed by atoms with E-state index in [2.05, 4.69) is 36.1 Å². The molecule has 2 rings (SSSR count). The molecule has 21 heavy (non-hydrogen) atoms. The Kier molecular flexibility index (Phi) is 4.53. The van der Waals surface area contributed by atoms with Crippen molar-refractivity contribution in [3.63, 3.8) is 0 Å². The third-order valence-corrected chi connectivity index (χ3v) is 3.03. The molecular weight excluding hydrogens is 267 g/mol. The van der Waals surface area contributed by atoms with Crippen LogP contribution >= 0.6 is 0 Å². The quantitative estimate of drug-likeness (QED) is 0.937. The fraction of sp³-hybridized carbons (Fsp3) is 0.375. The summed E-state index contributed by atoms with van der Waals surface area (Å²) in [6.07, 6.45) is 3.35. The molecule has 1 aromatic carbocycles. The maximum Gasteiger partial charge on any atom is 0.151 e. The van der Waals surface area contributed by atoms with Crippen molar-refractivity contribution in [2.24, 2.45) is 0 Å². The SMILES string of the molecule is CN(c1cncc(CNC(C)(C)C)n1)c1ccccc1F. The van der Waals surface area contributed by atoms with Crippen LogP contribution < -0.4 is 10.2 Å². The Labute approximate surface area is 125 Å². The Morgan fingerprint density at radius 1 is 1.19 bits per heavy atom. The molecule has 112 valence electrons. The lowest BCUT2D eigenvalue weighted by Crippen LogP contribution is -2.35. The van der Waals surface area contributed by atoms with Crippen molar-refractivity contribution in [1.82, 2.24) is 15.3 Å². The van der Waals surface area contributed by atoms with Gasteiger partial charge in [0.1, 0.15) is 5.82 Å². The van der Waals surface area contributed by atoms with Crippen molar-refractivity contribution >= 4 is 11.5 Å². The van der Waals surface area contributed by atoms with Gasteiger partial charge in [0.15, 0.2) is 5.82 Å². The molecule has 0 aliphatic heterocycles. The van der Waals surface area contributed by atoms with Crippen molar-refractivity contribution in [3.8, 4) is 0 Å². The van der Waals surface area contributed by atoms with Gasteiger partial charge in [0.2, 0.25) is 0 Å². The van der Waals surface area contributed by atoms with Gasteiger partial charge in [-0.15, -0.1) is 0 Å². The molecule has 0 bridgehead atoms. The van der Waals surface area contributed by atoms with E-state index in [-0.39, 0.29) is 11.4 Å². The number of benzene rings is 1. The van der Waals surface area contributed by atoms with Crippen LogP contribution in [0.3, 0.4) is 0 Å². The van der Waals surface area contributed by atoms with Crippen LogP contribution in [0.15, 0.2) is 36.7 Å².